The van der Waals surface area contributed by atoms with Gasteiger partial charge in [0.2, 0.25) is 0 Å². The topological polar surface area (TPSA) is 32.5 Å². The molecule has 0 spiro atoms. The molecule has 0 bridgehead atoms. The molecule has 2 N–H and O–H groups in total. The first kappa shape index (κ1) is 15.8. The van der Waals surface area contributed by atoms with Crippen LogP contribution in [-0.2, 0) is 0 Å². The second kappa shape index (κ2) is 6.90. The summed E-state index contributed by atoms with van der Waals surface area (Å²) < 4.78 is 0. The van der Waals surface area contributed by atoms with Gasteiger partial charge in [0.15, 0.2) is 0 Å². The van der Waals surface area contributed by atoms with Crippen LogP contribution in [0.25, 0.3) is 0 Å². The molecule has 0 amide bonds. The molecule has 1 aliphatic heterocycles. The molecule has 3 nitrogen and oxygen atoms in total. The number of hydrogen-bond acceptors (Lipinski definition) is 3. The van der Waals surface area contributed by atoms with Crippen molar-refractivity contribution in [3.63, 3.8) is 0 Å². The molecule has 1 fully saturated rings. The Morgan fingerprint density at radius 2 is 2.15 bits per heavy atom. The molecule has 1 heterocycles. The number of hydrogen-bond donors (Lipinski definition) is 1. The third-order valence-corrected chi connectivity index (χ3v) is 4.52. The molecule has 0 saturated carbocycles. The fourth-order valence-corrected chi connectivity index (χ4v) is 3.48. The van der Waals surface area contributed by atoms with E-state index in [4.69, 9.17) is 17.3 Å². The average Bonchev–Trinajstić information content (AvgIpc) is 2.39. The Morgan fingerprint density at radius 3 is 2.70 bits per heavy atom. The Balaban J connectivity index is 2.18. The molecule has 1 aromatic rings. The van der Waals surface area contributed by atoms with Gasteiger partial charge in [0, 0.05) is 42.8 Å². The summed E-state index contributed by atoms with van der Waals surface area (Å²) in [6.45, 7) is 11.0. The first-order chi connectivity index (χ1) is 9.52. The van der Waals surface area contributed by atoms with Crippen LogP contribution in [0.1, 0.15) is 32.4 Å². The smallest absolute Gasteiger partial charge is 0.0498 e. The van der Waals surface area contributed by atoms with Gasteiger partial charge < -0.3 is 5.73 Å². The number of piperazine rings is 1. The highest BCUT2D eigenvalue weighted by Gasteiger charge is 2.30. The molecule has 3 unspecified atom stereocenters. The lowest BCUT2D eigenvalue weighted by Crippen LogP contribution is -2.54. The van der Waals surface area contributed by atoms with E-state index in [9.17, 15) is 0 Å². The van der Waals surface area contributed by atoms with Gasteiger partial charge >= 0.3 is 0 Å². The highest BCUT2D eigenvalue weighted by molar-refractivity contribution is 6.30. The van der Waals surface area contributed by atoms with E-state index in [0.29, 0.717) is 6.04 Å². The summed E-state index contributed by atoms with van der Waals surface area (Å²) in [6.07, 6.45) is 0. The van der Waals surface area contributed by atoms with Crippen LogP contribution in [0.4, 0.5) is 0 Å². The lowest BCUT2D eigenvalue weighted by Gasteiger charge is -2.44. The molecule has 1 aliphatic rings. The molecule has 4 heteroatoms. The van der Waals surface area contributed by atoms with Crippen LogP contribution in [0.5, 0.6) is 0 Å². The lowest BCUT2D eigenvalue weighted by atomic mass is 9.97. The fraction of sp³-hybridized carbons (Fsp3) is 0.625. The summed E-state index contributed by atoms with van der Waals surface area (Å²) in [6, 6.07) is 9.03. The summed E-state index contributed by atoms with van der Waals surface area (Å²) in [5, 5.41) is 0.786. The van der Waals surface area contributed by atoms with Gasteiger partial charge in [-0.1, -0.05) is 30.7 Å². The van der Waals surface area contributed by atoms with Crippen LogP contribution < -0.4 is 5.73 Å². The predicted molar refractivity (Wildman–Crippen MR) is 86.1 cm³/mol. The minimum absolute atomic E-state index is 0.0915. The first-order valence-corrected chi connectivity index (χ1v) is 7.90. The van der Waals surface area contributed by atoms with Gasteiger partial charge in [-0.15, -0.1) is 0 Å². The summed E-state index contributed by atoms with van der Waals surface area (Å²) >= 11 is 6.14. The van der Waals surface area contributed by atoms with Gasteiger partial charge in [0.1, 0.15) is 0 Å². The quantitative estimate of drug-likeness (QED) is 0.927. The molecular weight excluding hydrogens is 270 g/mol. The third kappa shape index (κ3) is 3.53. The van der Waals surface area contributed by atoms with Gasteiger partial charge in [0.05, 0.1) is 0 Å². The zero-order valence-electron chi connectivity index (χ0n) is 12.7. The molecule has 1 aromatic carbocycles. The standard InChI is InChI=1S/C16H26ClN3/c1-4-19-8-9-20(11-12(19)2)16(13(3)18)14-6-5-7-15(17)10-14/h5-7,10,12-13,16H,4,8-9,11,18H2,1-3H3. The van der Waals surface area contributed by atoms with E-state index in [1.165, 1.54) is 5.56 Å². The van der Waals surface area contributed by atoms with E-state index in [2.05, 4.69) is 36.6 Å². The lowest BCUT2D eigenvalue weighted by molar-refractivity contribution is 0.0516. The van der Waals surface area contributed by atoms with E-state index < -0.39 is 0 Å². The molecule has 112 valence electrons. The summed E-state index contributed by atoms with van der Waals surface area (Å²) in [5.74, 6) is 0. The van der Waals surface area contributed by atoms with Crippen molar-refractivity contribution in [2.75, 3.05) is 26.2 Å². The number of benzene rings is 1. The van der Waals surface area contributed by atoms with Gasteiger partial charge in [0.25, 0.3) is 0 Å². The highest BCUT2D eigenvalue weighted by Crippen LogP contribution is 2.28. The fourth-order valence-electron chi connectivity index (χ4n) is 3.28. The van der Waals surface area contributed by atoms with Crippen molar-refractivity contribution in [3.05, 3.63) is 34.9 Å². The van der Waals surface area contributed by atoms with Crippen LogP contribution in [0, 0.1) is 0 Å². The number of rotatable bonds is 4. The number of nitrogens with zero attached hydrogens (tertiary/aromatic N) is 2. The van der Waals surface area contributed by atoms with Gasteiger partial charge in [-0.25, -0.2) is 0 Å². The summed E-state index contributed by atoms with van der Waals surface area (Å²) in [7, 11) is 0. The van der Waals surface area contributed by atoms with Crippen molar-refractivity contribution < 1.29 is 0 Å². The second-order valence-corrected chi connectivity index (χ2v) is 6.27. The Kier molecular flexibility index (Phi) is 5.44. The SMILES string of the molecule is CCN1CCN(C(c2cccc(Cl)c2)C(C)N)CC1C. The van der Waals surface area contributed by atoms with Gasteiger partial charge in [-0.05, 0) is 38.1 Å². The number of nitrogens with two attached hydrogens (primary N) is 1. The second-order valence-electron chi connectivity index (χ2n) is 5.83. The molecule has 0 aliphatic carbocycles. The van der Waals surface area contributed by atoms with Crippen molar-refractivity contribution >= 4 is 11.6 Å². The molecule has 0 aromatic heterocycles. The zero-order valence-corrected chi connectivity index (χ0v) is 13.5. The minimum atomic E-state index is 0.0915. The van der Waals surface area contributed by atoms with Crippen LogP contribution in [0.3, 0.4) is 0 Å². The Labute approximate surface area is 127 Å². The van der Waals surface area contributed by atoms with E-state index >= 15 is 0 Å². The van der Waals surface area contributed by atoms with Crippen molar-refractivity contribution in [1.29, 1.82) is 0 Å². The Hall–Kier alpha value is -0.610. The molecule has 1 saturated heterocycles. The molecule has 2 rings (SSSR count). The van der Waals surface area contributed by atoms with Crippen molar-refractivity contribution in [3.8, 4) is 0 Å². The Morgan fingerprint density at radius 1 is 1.40 bits per heavy atom. The van der Waals surface area contributed by atoms with Gasteiger partial charge in [-0.3, -0.25) is 9.80 Å². The van der Waals surface area contributed by atoms with E-state index in [1.807, 2.05) is 18.2 Å². The highest BCUT2D eigenvalue weighted by atomic mass is 35.5. The third-order valence-electron chi connectivity index (χ3n) is 4.28. The summed E-state index contributed by atoms with van der Waals surface area (Å²) in [4.78, 5) is 5.03. The maximum Gasteiger partial charge on any atom is 0.0498 e. The van der Waals surface area contributed by atoms with Crippen molar-refractivity contribution in [2.24, 2.45) is 5.73 Å². The maximum atomic E-state index is 6.26. The normalized spacial score (nSPS) is 24.6. The average molecular weight is 296 g/mol. The summed E-state index contributed by atoms with van der Waals surface area (Å²) in [5.41, 5.74) is 7.49. The van der Waals surface area contributed by atoms with E-state index in [1.54, 1.807) is 0 Å². The number of likely N-dealkylation sites (N-methyl/N-ethyl adjacent to an activating group) is 1. The van der Waals surface area contributed by atoms with Crippen LogP contribution in [-0.4, -0.2) is 48.1 Å². The van der Waals surface area contributed by atoms with E-state index in [0.717, 1.165) is 31.2 Å². The first-order valence-electron chi connectivity index (χ1n) is 7.52. The monoisotopic (exact) mass is 295 g/mol. The van der Waals surface area contributed by atoms with Crippen molar-refractivity contribution in [1.82, 2.24) is 9.80 Å². The van der Waals surface area contributed by atoms with E-state index in [-0.39, 0.29) is 12.1 Å². The predicted octanol–water partition coefficient (Wildman–Crippen LogP) is 2.75. The molecule has 0 radical (unpaired) electrons. The van der Waals surface area contributed by atoms with Crippen LogP contribution in [0.15, 0.2) is 24.3 Å². The maximum absolute atomic E-state index is 6.26. The molecular formula is C16H26ClN3. The van der Waals surface area contributed by atoms with Gasteiger partial charge in [-0.2, -0.15) is 0 Å². The largest absolute Gasteiger partial charge is 0.326 e. The van der Waals surface area contributed by atoms with Crippen molar-refractivity contribution in [2.45, 2.75) is 38.9 Å². The minimum Gasteiger partial charge on any atom is -0.326 e. The number of halogens is 1. The Bertz CT molecular complexity index is 435. The van der Waals surface area contributed by atoms with Crippen LogP contribution in [0.2, 0.25) is 5.02 Å². The molecule has 20 heavy (non-hydrogen) atoms. The molecule has 3 atom stereocenters. The van der Waals surface area contributed by atoms with Crippen LogP contribution >= 0.6 is 11.6 Å². The zero-order chi connectivity index (χ0) is 14.7.